The molecule has 1 aromatic carbocycles. The molecule has 17 heavy (non-hydrogen) atoms. The molecule has 0 heterocycles. The zero-order chi connectivity index (χ0) is 12.7. The third kappa shape index (κ3) is 4.69. The number of rotatable bonds is 3. The number of thiocarbonyl (C=S) groups is 1. The van der Waals surface area contributed by atoms with Crippen LogP contribution in [-0.4, -0.2) is 18.1 Å². The van der Waals surface area contributed by atoms with E-state index in [0.29, 0.717) is 11.5 Å². The van der Waals surface area contributed by atoms with Gasteiger partial charge in [-0.05, 0) is 24.4 Å². The molecule has 6 heteroatoms. The van der Waals surface area contributed by atoms with Crippen LogP contribution in [0.15, 0.2) is 24.3 Å². The molecule has 0 atom stereocenters. The largest absolute Gasteiger partial charge is 0.497 e. The number of hydrazine groups is 1. The summed E-state index contributed by atoms with van der Waals surface area (Å²) in [6.07, 6.45) is 0.398. The first-order valence-electron chi connectivity index (χ1n) is 5.15. The molecule has 1 aromatic rings. The van der Waals surface area contributed by atoms with Crippen LogP contribution in [0.1, 0.15) is 13.3 Å². The van der Waals surface area contributed by atoms with Crippen molar-refractivity contribution in [2.45, 2.75) is 13.3 Å². The summed E-state index contributed by atoms with van der Waals surface area (Å²) in [5.74, 6) is 0.607. The highest BCUT2D eigenvalue weighted by atomic mass is 32.1. The fraction of sp³-hybridized carbons (Fsp3) is 0.273. The standard InChI is InChI=1S/C11H15N3O2S/c1-3-10(15)13-14-11(17)12-8-5-4-6-9(7-8)16-2/h4-7H,3H2,1-2H3,(H,13,15)(H2,12,14,17). The van der Waals surface area contributed by atoms with Crippen LogP contribution < -0.4 is 20.9 Å². The van der Waals surface area contributed by atoms with E-state index in [9.17, 15) is 4.79 Å². The Morgan fingerprint density at radius 3 is 2.82 bits per heavy atom. The third-order valence-corrected chi connectivity index (χ3v) is 2.17. The number of hydrogen-bond donors (Lipinski definition) is 3. The summed E-state index contributed by atoms with van der Waals surface area (Å²) in [6.45, 7) is 1.76. The predicted octanol–water partition coefficient (Wildman–Crippen LogP) is 1.42. The number of nitrogens with one attached hydrogen (secondary N) is 3. The molecule has 92 valence electrons. The number of amides is 1. The Morgan fingerprint density at radius 2 is 2.18 bits per heavy atom. The SMILES string of the molecule is CCC(=O)NNC(=S)Nc1cccc(OC)c1. The van der Waals surface area contributed by atoms with Crippen molar-refractivity contribution in [2.75, 3.05) is 12.4 Å². The van der Waals surface area contributed by atoms with Gasteiger partial charge in [0.25, 0.3) is 0 Å². The molecule has 5 nitrogen and oxygen atoms in total. The Morgan fingerprint density at radius 1 is 1.41 bits per heavy atom. The molecular weight excluding hydrogens is 238 g/mol. The van der Waals surface area contributed by atoms with Crippen LogP contribution in [0.4, 0.5) is 5.69 Å². The molecule has 1 rings (SSSR count). The zero-order valence-electron chi connectivity index (χ0n) is 9.74. The van der Waals surface area contributed by atoms with E-state index in [-0.39, 0.29) is 5.91 Å². The fourth-order valence-corrected chi connectivity index (χ4v) is 1.25. The van der Waals surface area contributed by atoms with E-state index in [1.165, 1.54) is 0 Å². The van der Waals surface area contributed by atoms with Crippen molar-refractivity contribution in [1.82, 2.24) is 10.9 Å². The van der Waals surface area contributed by atoms with Crippen LogP contribution >= 0.6 is 12.2 Å². The molecule has 0 aromatic heterocycles. The van der Waals surface area contributed by atoms with Gasteiger partial charge in [0.1, 0.15) is 5.75 Å². The van der Waals surface area contributed by atoms with Crippen LogP contribution in [-0.2, 0) is 4.79 Å². The Labute approximate surface area is 106 Å². The molecule has 0 aliphatic rings. The van der Waals surface area contributed by atoms with E-state index in [4.69, 9.17) is 17.0 Å². The topological polar surface area (TPSA) is 62.4 Å². The monoisotopic (exact) mass is 253 g/mol. The summed E-state index contributed by atoms with van der Waals surface area (Å²) >= 11 is 5.00. The third-order valence-electron chi connectivity index (χ3n) is 1.96. The Kier molecular flexibility index (Phi) is 5.22. The van der Waals surface area contributed by atoms with Gasteiger partial charge in [0.2, 0.25) is 5.91 Å². The van der Waals surface area contributed by atoms with Gasteiger partial charge < -0.3 is 10.1 Å². The van der Waals surface area contributed by atoms with Gasteiger partial charge in [0.15, 0.2) is 5.11 Å². The smallest absolute Gasteiger partial charge is 0.238 e. The van der Waals surface area contributed by atoms with Crippen molar-refractivity contribution >= 4 is 28.9 Å². The molecule has 0 fully saturated rings. The van der Waals surface area contributed by atoms with Crippen molar-refractivity contribution < 1.29 is 9.53 Å². The van der Waals surface area contributed by atoms with Gasteiger partial charge in [-0.3, -0.25) is 15.6 Å². The van der Waals surface area contributed by atoms with Crippen LogP contribution in [0.2, 0.25) is 0 Å². The van der Waals surface area contributed by atoms with Crippen LogP contribution in [0.5, 0.6) is 5.75 Å². The van der Waals surface area contributed by atoms with Crippen molar-refractivity contribution in [1.29, 1.82) is 0 Å². The summed E-state index contributed by atoms with van der Waals surface area (Å²) in [5.41, 5.74) is 5.84. The highest BCUT2D eigenvalue weighted by Gasteiger charge is 2.00. The lowest BCUT2D eigenvalue weighted by atomic mass is 10.3. The molecule has 0 saturated heterocycles. The van der Waals surface area contributed by atoms with Crippen LogP contribution in [0.3, 0.4) is 0 Å². The molecule has 0 aliphatic heterocycles. The molecule has 0 aliphatic carbocycles. The van der Waals surface area contributed by atoms with E-state index >= 15 is 0 Å². The number of anilines is 1. The van der Waals surface area contributed by atoms with Crippen molar-refractivity contribution in [2.24, 2.45) is 0 Å². The Bertz CT molecular complexity index is 409. The lowest BCUT2D eigenvalue weighted by molar-refractivity contribution is -0.121. The second kappa shape index (κ2) is 6.70. The fourth-order valence-electron chi connectivity index (χ4n) is 1.08. The highest BCUT2D eigenvalue weighted by Crippen LogP contribution is 2.16. The quantitative estimate of drug-likeness (QED) is 0.562. The number of ether oxygens (including phenoxy) is 1. The average molecular weight is 253 g/mol. The maximum Gasteiger partial charge on any atom is 0.238 e. The average Bonchev–Trinajstić information content (AvgIpc) is 2.36. The molecule has 1 amide bonds. The summed E-state index contributed by atoms with van der Waals surface area (Å²) in [7, 11) is 1.59. The summed E-state index contributed by atoms with van der Waals surface area (Å²) in [4.78, 5) is 11.0. The van der Waals surface area contributed by atoms with Gasteiger partial charge in [-0.2, -0.15) is 0 Å². The number of methoxy groups -OCH3 is 1. The molecule has 0 bridgehead atoms. The first kappa shape index (κ1) is 13.2. The van der Waals surface area contributed by atoms with Crippen LogP contribution in [0, 0.1) is 0 Å². The van der Waals surface area contributed by atoms with E-state index < -0.39 is 0 Å². The second-order valence-corrected chi connectivity index (χ2v) is 3.62. The minimum Gasteiger partial charge on any atom is -0.497 e. The molecular formula is C11H15N3O2S. The van der Waals surface area contributed by atoms with E-state index in [1.54, 1.807) is 20.1 Å². The molecule has 0 unspecified atom stereocenters. The van der Waals surface area contributed by atoms with Gasteiger partial charge in [0, 0.05) is 18.2 Å². The lowest BCUT2D eigenvalue weighted by Crippen LogP contribution is -2.43. The highest BCUT2D eigenvalue weighted by molar-refractivity contribution is 7.80. The number of hydrogen-bond acceptors (Lipinski definition) is 3. The second-order valence-electron chi connectivity index (χ2n) is 3.21. The Balaban J connectivity index is 2.47. The molecule has 0 radical (unpaired) electrons. The lowest BCUT2D eigenvalue weighted by Gasteiger charge is -2.11. The number of benzene rings is 1. The van der Waals surface area contributed by atoms with Crippen molar-refractivity contribution in [3.05, 3.63) is 24.3 Å². The normalized spacial score (nSPS) is 9.29. The first-order chi connectivity index (χ1) is 8.15. The summed E-state index contributed by atoms with van der Waals surface area (Å²) in [6, 6.07) is 7.32. The predicted molar refractivity (Wildman–Crippen MR) is 70.8 cm³/mol. The van der Waals surface area contributed by atoms with Gasteiger partial charge in [-0.15, -0.1) is 0 Å². The number of carbonyl (C=O) groups excluding carboxylic acids is 1. The van der Waals surface area contributed by atoms with Gasteiger partial charge in [0.05, 0.1) is 7.11 Å². The van der Waals surface area contributed by atoms with E-state index in [0.717, 1.165) is 11.4 Å². The van der Waals surface area contributed by atoms with E-state index in [1.807, 2.05) is 18.2 Å². The van der Waals surface area contributed by atoms with Crippen molar-refractivity contribution in [3.63, 3.8) is 0 Å². The summed E-state index contributed by atoms with van der Waals surface area (Å²) in [5, 5.41) is 3.24. The Hall–Kier alpha value is -1.82. The van der Waals surface area contributed by atoms with Crippen LogP contribution in [0.25, 0.3) is 0 Å². The first-order valence-corrected chi connectivity index (χ1v) is 5.56. The minimum absolute atomic E-state index is 0.125. The minimum atomic E-state index is -0.125. The van der Waals surface area contributed by atoms with Gasteiger partial charge in [-0.1, -0.05) is 13.0 Å². The molecule has 0 spiro atoms. The van der Waals surface area contributed by atoms with Crippen molar-refractivity contribution in [3.8, 4) is 5.75 Å². The summed E-state index contributed by atoms with van der Waals surface area (Å²) < 4.78 is 5.08. The molecule has 3 N–H and O–H groups in total. The van der Waals surface area contributed by atoms with Gasteiger partial charge >= 0.3 is 0 Å². The molecule has 0 saturated carbocycles. The maximum absolute atomic E-state index is 11.0. The maximum atomic E-state index is 11.0. The number of carbonyl (C=O) groups is 1. The zero-order valence-corrected chi connectivity index (χ0v) is 10.6. The van der Waals surface area contributed by atoms with E-state index in [2.05, 4.69) is 16.2 Å². The van der Waals surface area contributed by atoms with Gasteiger partial charge in [-0.25, -0.2) is 0 Å².